The highest BCUT2D eigenvalue weighted by Gasteiger charge is 2.15. The van der Waals surface area contributed by atoms with Crippen LogP contribution >= 0.6 is 0 Å². The van der Waals surface area contributed by atoms with E-state index in [1.165, 1.54) is 6.07 Å². The summed E-state index contributed by atoms with van der Waals surface area (Å²) in [6.45, 7) is 0.635. The van der Waals surface area contributed by atoms with E-state index in [0.29, 0.717) is 29.1 Å². The predicted octanol–water partition coefficient (Wildman–Crippen LogP) is 2.91. The maximum absolute atomic E-state index is 10.4. The monoisotopic (exact) mass is 310 g/mol. The Morgan fingerprint density at radius 1 is 1.22 bits per heavy atom. The summed E-state index contributed by atoms with van der Waals surface area (Å²) in [6, 6.07) is 10.9. The molecular weight excluding hydrogens is 292 g/mol. The Hall–Kier alpha value is -2.86. The van der Waals surface area contributed by atoms with Crippen molar-refractivity contribution in [2.45, 2.75) is 0 Å². The van der Waals surface area contributed by atoms with Crippen molar-refractivity contribution in [3.63, 3.8) is 0 Å². The van der Waals surface area contributed by atoms with Crippen molar-refractivity contribution in [2.24, 2.45) is 4.99 Å². The number of phenolic OH excluding ortho intramolecular Hbond substituents is 2. The van der Waals surface area contributed by atoms with Crippen LogP contribution in [0.2, 0.25) is 0 Å². The number of imidazole rings is 1. The number of hydrogen-bond acceptors (Lipinski definition) is 5. The molecule has 0 saturated carbocycles. The van der Waals surface area contributed by atoms with Crippen LogP contribution in [-0.4, -0.2) is 51.9 Å². The second-order valence-corrected chi connectivity index (χ2v) is 5.51. The molecule has 118 valence electrons. The molecule has 2 aromatic carbocycles. The fourth-order valence-corrected chi connectivity index (χ4v) is 2.26. The largest absolute Gasteiger partial charge is 0.506 e. The number of rotatable bonds is 4. The Morgan fingerprint density at radius 3 is 2.65 bits per heavy atom. The normalized spacial score (nSPS) is 11.8. The highest BCUT2D eigenvalue weighted by atomic mass is 16.3. The predicted molar refractivity (Wildman–Crippen MR) is 91.6 cm³/mol. The molecule has 0 aliphatic heterocycles. The third-order valence-corrected chi connectivity index (χ3v) is 3.42. The fourth-order valence-electron chi connectivity index (χ4n) is 2.26. The van der Waals surface area contributed by atoms with Crippen molar-refractivity contribution in [1.82, 2.24) is 14.9 Å². The minimum atomic E-state index is -0.0255. The minimum absolute atomic E-state index is 0.0202. The van der Waals surface area contributed by atoms with E-state index in [1.54, 1.807) is 6.21 Å². The van der Waals surface area contributed by atoms with Gasteiger partial charge in [0.25, 0.3) is 0 Å². The number of aromatic amines is 1. The quantitative estimate of drug-likeness (QED) is 0.511. The lowest BCUT2D eigenvalue weighted by atomic mass is 10.2. The Morgan fingerprint density at radius 2 is 1.96 bits per heavy atom. The second kappa shape index (κ2) is 6.10. The van der Waals surface area contributed by atoms with E-state index < -0.39 is 0 Å². The van der Waals surface area contributed by atoms with Gasteiger partial charge in [0.2, 0.25) is 0 Å². The first-order valence-corrected chi connectivity index (χ1v) is 7.23. The van der Waals surface area contributed by atoms with Crippen LogP contribution in [0.3, 0.4) is 0 Å². The molecule has 0 spiro atoms. The van der Waals surface area contributed by atoms with Crippen LogP contribution in [0.4, 0.5) is 5.69 Å². The molecule has 1 aromatic heterocycles. The zero-order valence-electron chi connectivity index (χ0n) is 13.0. The Balaban J connectivity index is 2.07. The van der Waals surface area contributed by atoms with Gasteiger partial charge in [0, 0.05) is 24.4 Å². The standard InChI is InChI=1S/C17H18N4O2/c1-21(2)9-8-18-12-10-13(22)14-15(16(12)23)20-17(19-14)11-6-4-3-5-7-11/h3-8,10,22-23H,9H2,1-2H3,(H,19,20). The number of benzene rings is 2. The first kappa shape index (κ1) is 15.1. The zero-order valence-corrected chi connectivity index (χ0v) is 13.0. The van der Waals surface area contributed by atoms with Crippen molar-refractivity contribution in [1.29, 1.82) is 0 Å². The van der Waals surface area contributed by atoms with Gasteiger partial charge < -0.3 is 20.1 Å². The Labute approximate surface area is 133 Å². The zero-order chi connectivity index (χ0) is 16.4. The molecule has 0 amide bonds. The van der Waals surface area contributed by atoms with E-state index in [-0.39, 0.29) is 11.5 Å². The lowest BCUT2D eigenvalue weighted by Gasteiger charge is -2.05. The number of fused-ring (bicyclic) bond motifs is 1. The van der Waals surface area contributed by atoms with Crippen molar-refractivity contribution < 1.29 is 10.2 Å². The number of aliphatic imine (C=N–C) groups is 1. The summed E-state index contributed by atoms with van der Waals surface area (Å²) in [5, 5.41) is 20.6. The first-order valence-electron chi connectivity index (χ1n) is 7.23. The van der Waals surface area contributed by atoms with E-state index in [9.17, 15) is 10.2 Å². The van der Waals surface area contributed by atoms with Gasteiger partial charge in [-0.3, -0.25) is 4.99 Å². The smallest absolute Gasteiger partial charge is 0.167 e. The third-order valence-electron chi connectivity index (χ3n) is 3.42. The number of aromatic nitrogens is 2. The molecule has 6 heteroatoms. The van der Waals surface area contributed by atoms with Crippen LogP contribution in [0, 0.1) is 0 Å². The second-order valence-electron chi connectivity index (χ2n) is 5.51. The molecule has 3 rings (SSSR count). The van der Waals surface area contributed by atoms with Crippen LogP contribution in [0.5, 0.6) is 11.5 Å². The van der Waals surface area contributed by atoms with Crippen molar-refractivity contribution in [3.05, 3.63) is 36.4 Å². The molecule has 3 aromatic rings. The molecule has 0 fully saturated rings. The average molecular weight is 310 g/mol. The number of nitrogens with zero attached hydrogens (tertiary/aromatic N) is 3. The molecule has 0 bridgehead atoms. The number of nitrogens with one attached hydrogen (secondary N) is 1. The van der Waals surface area contributed by atoms with Gasteiger partial charge in [0.05, 0.1) is 0 Å². The molecule has 0 radical (unpaired) electrons. The van der Waals surface area contributed by atoms with Crippen molar-refractivity contribution >= 4 is 22.9 Å². The summed E-state index contributed by atoms with van der Waals surface area (Å²) in [5.74, 6) is 0.538. The maximum Gasteiger partial charge on any atom is 0.167 e. The average Bonchev–Trinajstić information content (AvgIpc) is 2.99. The van der Waals surface area contributed by atoms with Gasteiger partial charge in [0.15, 0.2) is 5.75 Å². The number of H-pyrrole nitrogens is 1. The molecule has 1 heterocycles. The van der Waals surface area contributed by atoms with Crippen LogP contribution in [0.15, 0.2) is 41.4 Å². The van der Waals surface area contributed by atoms with Gasteiger partial charge in [-0.05, 0) is 14.1 Å². The molecular formula is C17H18N4O2. The summed E-state index contributed by atoms with van der Waals surface area (Å²) in [4.78, 5) is 13.6. The lowest BCUT2D eigenvalue weighted by Crippen LogP contribution is -2.13. The van der Waals surface area contributed by atoms with Crippen LogP contribution in [0.1, 0.15) is 0 Å². The van der Waals surface area contributed by atoms with Crippen molar-refractivity contribution in [3.8, 4) is 22.9 Å². The summed E-state index contributed by atoms with van der Waals surface area (Å²) in [5.41, 5.74) is 1.88. The van der Waals surface area contributed by atoms with Gasteiger partial charge >= 0.3 is 0 Å². The van der Waals surface area contributed by atoms with Crippen LogP contribution in [-0.2, 0) is 0 Å². The van der Waals surface area contributed by atoms with Crippen LogP contribution in [0.25, 0.3) is 22.4 Å². The Kier molecular flexibility index (Phi) is 3.99. The minimum Gasteiger partial charge on any atom is -0.506 e. The van der Waals surface area contributed by atoms with Gasteiger partial charge in [-0.15, -0.1) is 0 Å². The molecule has 0 saturated heterocycles. The molecule has 0 aliphatic rings. The molecule has 0 atom stereocenters. The van der Waals surface area contributed by atoms with Gasteiger partial charge in [0.1, 0.15) is 28.3 Å². The van der Waals surface area contributed by atoms with Gasteiger partial charge in [-0.2, -0.15) is 0 Å². The van der Waals surface area contributed by atoms with E-state index in [0.717, 1.165) is 5.56 Å². The number of aromatic hydroxyl groups is 2. The van der Waals surface area contributed by atoms with E-state index >= 15 is 0 Å². The molecule has 6 nitrogen and oxygen atoms in total. The fraction of sp³-hybridized carbons (Fsp3) is 0.176. The molecule has 0 unspecified atom stereocenters. The van der Waals surface area contributed by atoms with Crippen LogP contribution < -0.4 is 0 Å². The topological polar surface area (TPSA) is 84.7 Å². The summed E-state index contributed by atoms with van der Waals surface area (Å²) in [7, 11) is 3.85. The highest BCUT2D eigenvalue weighted by Crippen LogP contribution is 2.40. The number of phenols is 2. The first-order chi connectivity index (χ1) is 11.1. The van der Waals surface area contributed by atoms with Crippen molar-refractivity contribution in [2.75, 3.05) is 20.6 Å². The lowest BCUT2D eigenvalue weighted by molar-refractivity contribution is 0.468. The molecule has 23 heavy (non-hydrogen) atoms. The highest BCUT2D eigenvalue weighted by molar-refractivity contribution is 5.94. The van der Waals surface area contributed by atoms with Gasteiger partial charge in [-0.25, -0.2) is 4.98 Å². The SMILES string of the molecule is CN(C)CC=Nc1cc(O)c2nc(-c3ccccc3)[nH]c2c1O. The van der Waals surface area contributed by atoms with E-state index in [1.807, 2.05) is 49.3 Å². The third kappa shape index (κ3) is 3.02. The van der Waals surface area contributed by atoms with E-state index in [4.69, 9.17) is 0 Å². The number of hydrogen-bond donors (Lipinski definition) is 3. The summed E-state index contributed by atoms with van der Waals surface area (Å²) < 4.78 is 0. The van der Waals surface area contributed by atoms with Gasteiger partial charge in [-0.1, -0.05) is 30.3 Å². The summed E-state index contributed by atoms with van der Waals surface area (Å²) >= 11 is 0. The summed E-state index contributed by atoms with van der Waals surface area (Å²) in [6.07, 6.45) is 1.68. The maximum atomic E-state index is 10.4. The van der Waals surface area contributed by atoms with E-state index in [2.05, 4.69) is 15.0 Å². The Bertz CT molecular complexity index is 854. The molecule has 0 aliphatic carbocycles. The molecule has 3 N–H and O–H groups in total.